The van der Waals surface area contributed by atoms with Crippen LogP contribution in [-0.4, -0.2) is 12.1 Å². The molecule has 0 saturated carbocycles. The molecular formula is C22H20Cl2N2O3. The molecule has 150 valence electrons. The van der Waals surface area contributed by atoms with E-state index in [1.165, 1.54) is 11.8 Å². The molecule has 0 saturated heterocycles. The highest BCUT2D eigenvalue weighted by molar-refractivity contribution is 6.36. The summed E-state index contributed by atoms with van der Waals surface area (Å²) >= 11 is 11.9. The molecule has 7 heteroatoms. The first-order chi connectivity index (χ1) is 14.0. The van der Waals surface area contributed by atoms with Crippen LogP contribution < -0.4 is 10.2 Å². The molecule has 1 aromatic heterocycles. The quantitative estimate of drug-likeness (QED) is 0.358. The number of hydrogen-bond acceptors (Lipinski definition) is 4. The molecule has 1 amide bonds. The van der Waals surface area contributed by atoms with Gasteiger partial charge in [0.1, 0.15) is 18.1 Å². The first-order valence-corrected chi connectivity index (χ1v) is 9.89. The molecule has 0 aliphatic carbocycles. The van der Waals surface area contributed by atoms with Gasteiger partial charge >= 0.3 is 5.91 Å². The Kier molecular flexibility index (Phi) is 7.33. The average Bonchev–Trinajstić information content (AvgIpc) is 3.18. The van der Waals surface area contributed by atoms with Crippen LogP contribution in [0.1, 0.15) is 40.8 Å². The number of furan rings is 1. The zero-order valence-electron chi connectivity index (χ0n) is 15.8. The van der Waals surface area contributed by atoms with E-state index in [2.05, 4.69) is 17.5 Å². The van der Waals surface area contributed by atoms with Crippen LogP contribution in [0.5, 0.6) is 5.75 Å². The summed E-state index contributed by atoms with van der Waals surface area (Å²) in [5.41, 5.74) is 4.31. The Labute approximate surface area is 179 Å². The number of nitrogens with zero attached hydrogens (tertiary/aromatic N) is 1. The summed E-state index contributed by atoms with van der Waals surface area (Å²) in [6, 6.07) is 16.2. The van der Waals surface area contributed by atoms with Gasteiger partial charge in [0.15, 0.2) is 5.76 Å². The number of benzene rings is 2. The van der Waals surface area contributed by atoms with E-state index in [-0.39, 0.29) is 12.4 Å². The number of hydrazone groups is 1. The Balaban J connectivity index is 1.52. The number of nitrogens with one attached hydrogen (secondary N) is 1. The molecule has 0 aliphatic heterocycles. The summed E-state index contributed by atoms with van der Waals surface area (Å²) < 4.78 is 11.2. The van der Waals surface area contributed by atoms with Crippen molar-refractivity contribution < 1.29 is 13.9 Å². The lowest BCUT2D eigenvalue weighted by Crippen LogP contribution is -2.16. The minimum atomic E-state index is -0.471. The van der Waals surface area contributed by atoms with E-state index in [4.69, 9.17) is 32.4 Å². The fraction of sp³-hybridized carbons (Fsp3) is 0.182. The van der Waals surface area contributed by atoms with Gasteiger partial charge in [-0.05, 0) is 48.4 Å². The van der Waals surface area contributed by atoms with Gasteiger partial charge in [0.25, 0.3) is 0 Å². The fourth-order valence-corrected chi connectivity index (χ4v) is 3.05. The van der Waals surface area contributed by atoms with Gasteiger partial charge in [-0.15, -0.1) is 0 Å². The van der Waals surface area contributed by atoms with E-state index < -0.39 is 5.91 Å². The van der Waals surface area contributed by atoms with E-state index >= 15 is 0 Å². The Hall–Kier alpha value is -2.76. The SMILES string of the molecule is CCCc1ccc(OCc2ccc(C(=O)N/N=C/c3ccc(Cl)cc3Cl)o2)cc1. The van der Waals surface area contributed by atoms with Crippen LogP contribution in [0.4, 0.5) is 0 Å². The summed E-state index contributed by atoms with van der Waals surface area (Å²) in [7, 11) is 0. The molecule has 1 heterocycles. The lowest BCUT2D eigenvalue weighted by Gasteiger charge is -2.05. The monoisotopic (exact) mass is 430 g/mol. The Morgan fingerprint density at radius 1 is 1.14 bits per heavy atom. The molecule has 0 fully saturated rings. The molecule has 0 radical (unpaired) electrons. The van der Waals surface area contributed by atoms with Crippen molar-refractivity contribution in [2.24, 2.45) is 5.10 Å². The second kappa shape index (κ2) is 10.1. The maximum absolute atomic E-state index is 12.1. The lowest BCUT2D eigenvalue weighted by molar-refractivity contribution is 0.0923. The molecule has 3 rings (SSSR count). The van der Waals surface area contributed by atoms with Gasteiger partial charge in [-0.3, -0.25) is 4.79 Å². The van der Waals surface area contributed by atoms with Gasteiger partial charge < -0.3 is 9.15 Å². The highest BCUT2D eigenvalue weighted by atomic mass is 35.5. The number of rotatable bonds is 8. The van der Waals surface area contributed by atoms with Gasteiger partial charge in [-0.1, -0.05) is 54.7 Å². The predicted molar refractivity (Wildman–Crippen MR) is 115 cm³/mol. The Bertz CT molecular complexity index is 998. The minimum absolute atomic E-state index is 0.140. The van der Waals surface area contributed by atoms with Crippen LogP contribution in [0.15, 0.2) is 64.1 Å². The fourth-order valence-electron chi connectivity index (χ4n) is 2.59. The average molecular weight is 431 g/mol. The number of aryl methyl sites for hydroxylation is 1. The molecule has 5 nitrogen and oxygen atoms in total. The van der Waals surface area contributed by atoms with Gasteiger partial charge in [0.2, 0.25) is 0 Å². The van der Waals surface area contributed by atoms with Crippen molar-refractivity contribution in [3.63, 3.8) is 0 Å². The number of carbonyl (C=O) groups is 1. The molecular weight excluding hydrogens is 411 g/mol. The second-order valence-electron chi connectivity index (χ2n) is 6.31. The van der Waals surface area contributed by atoms with E-state index in [9.17, 15) is 4.79 Å². The Morgan fingerprint density at radius 3 is 2.66 bits per heavy atom. The molecule has 1 N–H and O–H groups in total. The lowest BCUT2D eigenvalue weighted by atomic mass is 10.1. The largest absolute Gasteiger partial charge is 0.486 e. The molecule has 0 bridgehead atoms. The number of carbonyl (C=O) groups excluding carboxylic acids is 1. The van der Waals surface area contributed by atoms with Crippen LogP contribution in [0.25, 0.3) is 0 Å². The highest BCUT2D eigenvalue weighted by Gasteiger charge is 2.11. The number of hydrogen-bond donors (Lipinski definition) is 1. The summed E-state index contributed by atoms with van der Waals surface area (Å²) in [6.45, 7) is 2.37. The van der Waals surface area contributed by atoms with Crippen molar-refractivity contribution in [2.75, 3.05) is 0 Å². The minimum Gasteiger partial charge on any atom is -0.486 e. The van der Waals surface area contributed by atoms with Crippen LogP contribution in [-0.2, 0) is 13.0 Å². The molecule has 3 aromatic rings. The van der Waals surface area contributed by atoms with Crippen molar-refractivity contribution in [1.29, 1.82) is 0 Å². The molecule has 2 aromatic carbocycles. The molecule has 0 aliphatic rings. The molecule has 0 spiro atoms. The smallest absolute Gasteiger partial charge is 0.307 e. The summed E-state index contributed by atoms with van der Waals surface area (Å²) in [4.78, 5) is 12.1. The van der Waals surface area contributed by atoms with E-state index in [1.807, 2.05) is 24.3 Å². The van der Waals surface area contributed by atoms with E-state index in [1.54, 1.807) is 30.3 Å². The summed E-state index contributed by atoms with van der Waals surface area (Å²) in [5, 5.41) is 4.86. The third-order valence-corrected chi connectivity index (χ3v) is 4.62. The van der Waals surface area contributed by atoms with Crippen LogP contribution >= 0.6 is 23.2 Å². The van der Waals surface area contributed by atoms with Gasteiger partial charge in [0, 0.05) is 10.6 Å². The first-order valence-electron chi connectivity index (χ1n) is 9.14. The summed E-state index contributed by atoms with van der Waals surface area (Å²) in [6.07, 6.45) is 3.59. The zero-order valence-corrected chi connectivity index (χ0v) is 17.3. The second-order valence-corrected chi connectivity index (χ2v) is 7.16. The van der Waals surface area contributed by atoms with Crippen molar-refractivity contribution >= 4 is 35.3 Å². The third-order valence-electron chi connectivity index (χ3n) is 4.06. The van der Waals surface area contributed by atoms with Crippen LogP contribution in [0, 0.1) is 0 Å². The number of ether oxygens (including phenoxy) is 1. The maximum Gasteiger partial charge on any atom is 0.307 e. The number of amides is 1. The molecule has 0 unspecified atom stereocenters. The molecule has 0 atom stereocenters. The van der Waals surface area contributed by atoms with Crippen molar-refractivity contribution in [3.8, 4) is 5.75 Å². The summed E-state index contributed by atoms with van der Waals surface area (Å²) in [5.74, 6) is 0.956. The Morgan fingerprint density at radius 2 is 1.93 bits per heavy atom. The topological polar surface area (TPSA) is 63.8 Å². The highest BCUT2D eigenvalue weighted by Crippen LogP contribution is 2.19. The van der Waals surface area contributed by atoms with E-state index in [0.29, 0.717) is 21.4 Å². The van der Waals surface area contributed by atoms with E-state index in [0.717, 1.165) is 18.6 Å². The maximum atomic E-state index is 12.1. The van der Waals surface area contributed by atoms with Crippen LogP contribution in [0.2, 0.25) is 10.0 Å². The van der Waals surface area contributed by atoms with Crippen molar-refractivity contribution in [3.05, 3.63) is 87.3 Å². The van der Waals surface area contributed by atoms with Gasteiger partial charge in [0.05, 0.1) is 11.2 Å². The third kappa shape index (κ3) is 6.11. The first kappa shape index (κ1) is 21.0. The van der Waals surface area contributed by atoms with Gasteiger partial charge in [-0.25, -0.2) is 5.43 Å². The number of halogens is 2. The molecule has 29 heavy (non-hydrogen) atoms. The normalized spacial score (nSPS) is 11.0. The van der Waals surface area contributed by atoms with Gasteiger partial charge in [-0.2, -0.15) is 5.10 Å². The standard InChI is InChI=1S/C22H20Cl2N2O3/c1-2-3-15-4-8-18(9-5-15)28-14-19-10-11-21(29-19)22(27)26-25-13-16-6-7-17(23)12-20(16)24/h4-13H,2-3,14H2,1H3,(H,26,27)/b25-13+. The van der Waals surface area contributed by atoms with Crippen molar-refractivity contribution in [2.45, 2.75) is 26.4 Å². The van der Waals surface area contributed by atoms with Crippen LogP contribution in [0.3, 0.4) is 0 Å². The van der Waals surface area contributed by atoms with Crippen molar-refractivity contribution in [1.82, 2.24) is 5.43 Å². The zero-order chi connectivity index (χ0) is 20.6. The predicted octanol–water partition coefficient (Wildman–Crippen LogP) is 5.88.